The maximum atomic E-state index is 12.4. The van der Waals surface area contributed by atoms with E-state index >= 15 is 0 Å². The Morgan fingerprint density at radius 1 is 1.53 bits per heavy atom. The Labute approximate surface area is 111 Å². The molecule has 0 amide bonds. The van der Waals surface area contributed by atoms with E-state index in [1.165, 1.54) is 11.3 Å². The Balaban J connectivity index is 2.33. The zero-order valence-electron chi connectivity index (χ0n) is 9.89. The monoisotopic (exact) mass is 293 g/mol. The highest BCUT2D eigenvalue weighted by molar-refractivity contribution is 7.91. The van der Waals surface area contributed by atoms with Crippen LogP contribution in [-0.2, 0) is 10.0 Å². The van der Waals surface area contributed by atoms with Gasteiger partial charge in [-0.1, -0.05) is 6.92 Å². The summed E-state index contributed by atoms with van der Waals surface area (Å²) in [6.07, 6.45) is 0.890. The molecule has 2 rings (SSSR count). The van der Waals surface area contributed by atoms with Crippen molar-refractivity contribution in [1.29, 1.82) is 0 Å². The van der Waals surface area contributed by atoms with Crippen molar-refractivity contribution >= 4 is 33.0 Å². The minimum Gasteiger partial charge on any atom is -0.206 e. The Morgan fingerprint density at radius 3 is 2.76 bits per heavy atom. The van der Waals surface area contributed by atoms with E-state index in [1.807, 2.05) is 13.0 Å². The zero-order valence-corrected chi connectivity index (χ0v) is 12.3. The van der Waals surface area contributed by atoms with Crippen molar-refractivity contribution < 1.29 is 8.42 Å². The van der Waals surface area contributed by atoms with Gasteiger partial charge in [-0.3, -0.25) is 0 Å². The van der Waals surface area contributed by atoms with Crippen LogP contribution in [0.5, 0.6) is 0 Å². The lowest BCUT2D eigenvalue weighted by atomic mass is 10.1. The fourth-order valence-corrected chi connectivity index (χ4v) is 5.87. The quantitative estimate of drug-likeness (QED) is 0.804. The lowest BCUT2D eigenvalue weighted by Gasteiger charge is -2.23. The third-order valence-electron chi connectivity index (χ3n) is 3.27. The van der Waals surface area contributed by atoms with Gasteiger partial charge in [-0.25, -0.2) is 8.42 Å². The lowest BCUT2D eigenvalue weighted by Crippen LogP contribution is -2.38. The molecule has 1 aliphatic heterocycles. The maximum absolute atomic E-state index is 12.4. The number of nitrogens with zero attached hydrogens (tertiary/aromatic N) is 1. The van der Waals surface area contributed by atoms with Crippen molar-refractivity contribution in [2.75, 3.05) is 12.4 Å². The molecule has 2 heterocycles. The number of hydrogen-bond acceptors (Lipinski definition) is 3. The smallest absolute Gasteiger partial charge is 0.206 e. The van der Waals surface area contributed by atoms with Crippen molar-refractivity contribution in [3.05, 3.63) is 17.0 Å². The van der Waals surface area contributed by atoms with Crippen molar-refractivity contribution in [3.63, 3.8) is 0 Å². The van der Waals surface area contributed by atoms with Crippen LogP contribution in [0.25, 0.3) is 0 Å². The molecule has 96 valence electrons. The number of thiophene rings is 1. The van der Waals surface area contributed by atoms with Crippen LogP contribution in [0.15, 0.2) is 16.3 Å². The van der Waals surface area contributed by atoms with Crippen LogP contribution in [-0.4, -0.2) is 31.2 Å². The second-order valence-corrected chi connectivity index (χ2v) is 8.18. The number of halogens is 1. The van der Waals surface area contributed by atoms with Gasteiger partial charge in [0.15, 0.2) is 0 Å². The van der Waals surface area contributed by atoms with Gasteiger partial charge in [-0.2, -0.15) is 4.31 Å². The van der Waals surface area contributed by atoms with E-state index in [2.05, 4.69) is 6.92 Å². The first-order valence-electron chi connectivity index (χ1n) is 5.61. The number of hydrogen-bond donors (Lipinski definition) is 0. The summed E-state index contributed by atoms with van der Waals surface area (Å²) in [4.78, 5) is 1.01. The van der Waals surface area contributed by atoms with Crippen LogP contribution in [0, 0.1) is 12.8 Å². The molecule has 0 aliphatic carbocycles. The summed E-state index contributed by atoms with van der Waals surface area (Å²) in [5, 5.41) is 0. The van der Waals surface area contributed by atoms with Gasteiger partial charge in [-0.05, 0) is 31.4 Å². The molecule has 2 unspecified atom stereocenters. The van der Waals surface area contributed by atoms with Crippen LogP contribution in [0.4, 0.5) is 0 Å². The number of alkyl halides is 1. The molecular formula is C11H16ClNO2S2. The summed E-state index contributed by atoms with van der Waals surface area (Å²) in [5.41, 5.74) is 0. The van der Waals surface area contributed by atoms with Gasteiger partial charge >= 0.3 is 0 Å². The molecule has 0 saturated carbocycles. The van der Waals surface area contributed by atoms with E-state index in [-0.39, 0.29) is 6.04 Å². The SMILES string of the molecule is Cc1ccc(S(=O)(=O)N2CCC(C)C2CCl)s1. The molecule has 17 heavy (non-hydrogen) atoms. The minimum atomic E-state index is -3.34. The topological polar surface area (TPSA) is 37.4 Å². The molecule has 2 atom stereocenters. The molecule has 0 aromatic carbocycles. The summed E-state index contributed by atoms with van der Waals surface area (Å²) < 4.78 is 26.9. The Morgan fingerprint density at radius 2 is 2.24 bits per heavy atom. The van der Waals surface area contributed by atoms with Gasteiger partial charge < -0.3 is 0 Å². The van der Waals surface area contributed by atoms with Crippen molar-refractivity contribution in [2.45, 2.75) is 30.5 Å². The fraction of sp³-hybridized carbons (Fsp3) is 0.636. The summed E-state index contributed by atoms with van der Waals surface area (Å²) in [5.74, 6) is 0.702. The highest BCUT2D eigenvalue weighted by Crippen LogP contribution is 2.33. The van der Waals surface area contributed by atoms with E-state index in [4.69, 9.17) is 11.6 Å². The lowest BCUT2D eigenvalue weighted by molar-refractivity contribution is 0.376. The third kappa shape index (κ3) is 2.38. The molecule has 0 bridgehead atoms. The van der Waals surface area contributed by atoms with E-state index in [0.29, 0.717) is 22.6 Å². The van der Waals surface area contributed by atoms with Crippen LogP contribution in [0.2, 0.25) is 0 Å². The first-order chi connectivity index (χ1) is 7.96. The van der Waals surface area contributed by atoms with Crippen LogP contribution >= 0.6 is 22.9 Å². The summed E-state index contributed by atoms with van der Waals surface area (Å²) >= 11 is 7.22. The van der Waals surface area contributed by atoms with Crippen molar-refractivity contribution in [2.24, 2.45) is 5.92 Å². The van der Waals surface area contributed by atoms with Crippen LogP contribution in [0.3, 0.4) is 0 Å². The van der Waals surface area contributed by atoms with Crippen LogP contribution in [0.1, 0.15) is 18.2 Å². The standard InChI is InChI=1S/C11H16ClNO2S2/c1-8-5-6-13(10(8)7-12)17(14,15)11-4-3-9(2)16-11/h3-4,8,10H,5-7H2,1-2H3. The molecule has 1 saturated heterocycles. The average Bonchev–Trinajstić information content (AvgIpc) is 2.84. The largest absolute Gasteiger partial charge is 0.252 e. The van der Waals surface area contributed by atoms with Gasteiger partial charge in [0.2, 0.25) is 0 Å². The first-order valence-corrected chi connectivity index (χ1v) is 8.40. The zero-order chi connectivity index (χ0) is 12.6. The summed E-state index contributed by atoms with van der Waals surface area (Å²) in [6, 6.07) is 3.46. The molecule has 1 aromatic rings. The molecule has 0 spiro atoms. The second kappa shape index (κ2) is 4.88. The molecule has 3 nitrogen and oxygen atoms in total. The van der Waals surface area contributed by atoms with Gasteiger partial charge in [0.05, 0.1) is 0 Å². The highest BCUT2D eigenvalue weighted by Gasteiger charge is 2.39. The van der Waals surface area contributed by atoms with E-state index in [9.17, 15) is 8.42 Å². The number of aryl methyl sites for hydroxylation is 1. The van der Waals surface area contributed by atoms with Gasteiger partial charge in [0, 0.05) is 23.3 Å². The molecular weight excluding hydrogens is 278 g/mol. The van der Waals surface area contributed by atoms with E-state index in [0.717, 1.165) is 11.3 Å². The van der Waals surface area contributed by atoms with Crippen molar-refractivity contribution in [3.8, 4) is 0 Å². The van der Waals surface area contributed by atoms with Gasteiger partial charge in [-0.15, -0.1) is 22.9 Å². The van der Waals surface area contributed by atoms with Gasteiger partial charge in [0.1, 0.15) is 4.21 Å². The molecule has 1 fully saturated rings. The highest BCUT2D eigenvalue weighted by atomic mass is 35.5. The minimum absolute atomic E-state index is 0.0657. The van der Waals surface area contributed by atoms with E-state index < -0.39 is 10.0 Å². The van der Waals surface area contributed by atoms with E-state index in [1.54, 1.807) is 10.4 Å². The molecule has 0 N–H and O–H groups in total. The van der Waals surface area contributed by atoms with Gasteiger partial charge in [0.25, 0.3) is 10.0 Å². The molecule has 0 radical (unpaired) electrons. The number of rotatable bonds is 3. The predicted molar refractivity (Wildman–Crippen MR) is 71.2 cm³/mol. The maximum Gasteiger partial charge on any atom is 0.252 e. The Hall–Kier alpha value is -0.100. The number of sulfonamides is 1. The summed E-state index contributed by atoms with van der Waals surface area (Å²) in [6.45, 7) is 4.55. The summed E-state index contributed by atoms with van der Waals surface area (Å²) in [7, 11) is -3.34. The molecule has 1 aromatic heterocycles. The molecule has 6 heteroatoms. The fourth-order valence-electron chi connectivity index (χ4n) is 2.17. The Bertz CT molecular complexity index is 497. The second-order valence-electron chi connectivity index (χ2n) is 4.47. The average molecular weight is 294 g/mol. The predicted octanol–water partition coefficient (Wildman–Crippen LogP) is 2.69. The van der Waals surface area contributed by atoms with Crippen LogP contribution < -0.4 is 0 Å². The first kappa shape index (κ1) is 13.3. The third-order valence-corrected chi connectivity index (χ3v) is 6.98. The molecule has 1 aliphatic rings. The van der Waals surface area contributed by atoms with Crippen molar-refractivity contribution in [1.82, 2.24) is 4.31 Å². The Kier molecular flexibility index (Phi) is 3.83. The normalized spacial score (nSPS) is 26.5.